The normalized spacial score (nSPS) is 12.5. The fraction of sp³-hybridized carbons (Fsp3) is 0.500. The number of aliphatic hydroxyl groups is 1. The quantitative estimate of drug-likeness (QED) is 0.829. The van der Waals surface area contributed by atoms with E-state index in [1.165, 1.54) is 0 Å². The first-order valence-corrected chi connectivity index (χ1v) is 6.19. The third-order valence-corrected chi connectivity index (χ3v) is 2.85. The number of anilines is 1. The summed E-state index contributed by atoms with van der Waals surface area (Å²) in [7, 11) is 3.67. The Bertz CT molecular complexity index is 365. The van der Waals surface area contributed by atoms with Crippen molar-refractivity contribution in [2.45, 2.75) is 19.4 Å². The van der Waals surface area contributed by atoms with Crippen LogP contribution in [0.25, 0.3) is 0 Å². The van der Waals surface area contributed by atoms with E-state index in [4.69, 9.17) is 0 Å². The number of likely N-dealkylation sites (N-methyl/N-ethyl adjacent to an activating group) is 2. The average Bonchev–Trinajstić information content (AvgIpc) is 2.36. The number of rotatable bonds is 6. The molecule has 0 saturated carbocycles. The molecule has 18 heavy (non-hydrogen) atoms. The van der Waals surface area contributed by atoms with Gasteiger partial charge in [-0.15, -0.1) is 0 Å². The predicted molar refractivity (Wildman–Crippen MR) is 73.6 cm³/mol. The largest absolute Gasteiger partial charge is 0.393 e. The summed E-state index contributed by atoms with van der Waals surface area (Å²) in [6, 6.07) is 9.57. The maximum absolute atomic E-state index is 12.0. The van der Waals surface area contributed by atoms with Crippen LogP contribution in [0.4, 0.5) is 5.69 Å². The molecule has 4 nitrogen and oxygen atoms in total. The van der Waals surface area contributed by atoms with E-state index >= 15 is 0 Å². The van der Waals surface area contributed by atoms with Crippen molar-refractivity contribution >= 4 is 11.6 Å². The van der Waals surface area contributed by atoms with Crippen LogP contribution >= 0.6 is 0 Å². The van der Waals surface area contributed by atoms with Crippen molar-refractivity contribution in [1.29, 1.82) is 0 Å². The minimum atomic E-state index is -0.325. The first-order chi connectivity index (χ1) is 8.50. The molecule has 4 heteroatoms. The minimum Gasteiger partial charge on any atom is -0.393 e. The van der Waals surface area contributed by atoms with Crippen molar-refractivity contribution in [1.82, 2.24) is 4.90 Å². The van der Waals surface area contributed by atoms with Gasteiger partial charge < -0.3 is 10.0 Å². The summed E-state index contributed by atoms with van der Waals surface area (Å²) >= 11 is 0. The van der Waals surface area contributed by atoms with E-state index < -0.39 is 0 Å². The van der Waals surface area contributed by atoms with Crippen molar-refractivity contribution < 1.29 is 9.90 Å². The molecule has 0 spiro atoms. The van der Waals surface area contributed by atoms with Gasteiger partial charge in [-0.05, 0) is 32.5 Å². The molecule has 100 valence electrons. The number of para-hydroxylation sites is 1. The van der Waals surface area contributed by atoms with E-state index in [9.17, 15) is 9.90 Å². The molecule has 0 fully saturated rings. The molecule has 0 aliphatic rings. The lowest BCUT2D eigenvalue weighted by atomic mass is 10.2. The standard InChI is InChI=1S/C14H22N2O2/c1-12(17)9-10-15(2)11-14(18)16(3)13-7-5-4-6-8-13/h4-8,12,17H,9-11H2,1-3H3. The zero-order valence-corrected chi connectivity index (χ0v) is 11.3. The van der Waals surface area contributed by atoms with E-state index in [1.54, 1.807) is 18.9 Å². The first-order valence-electron chi connectivity index (χ1n) is 6.19. The van der Waals surface area contributed by atoms with E-state index in [-0.39, 0.29) is 12.0 Å². The number of nitrogens with zero attached hydrogens (tertiary/aromatic N) is 2. The van der Waals surface area contributed by atoms with Crippen LogP contribution in [-0.4, -0.2) is 49.2 Å². The van der Waals surface area contributed by atoms with Crippen LogP contribution in [0.1, 0.15) is 13.3 Å². The summed E-state index contributed by atoms with van der Waals surface area (Å²) in [5, 5.41) is 9.20. The van der Waals surface area contributed by atoms with Gasteiger partial charge in [0.2, 0.25) is 5.91 Å². The van der Waals surface area contributed by atoms with Crippen molar-refractivity contribution in [3.8, 4) is 0 Å². The topological polar surface area (TPSA) is 43.8 Å². The second-order valence-electron chi connectivity index (χ2n) is 4.66. The fourth-order valence-electron chi connectivity index (χ4n) is 1.62. The van der Waals surface area contributed by atoms with E-state index in [2.05, 4.69) is 0 Å². The Balaban J connectivity index is 2.45. The van der Waals surface area contributed by atoms with Gasteiger partial charge in [0, 0.05) is 19.3 Å². The highest BCUT2D eigenvalue weighted by atomic mass is 16.3. The second-order valence-corrected chi connectivity index (χ2v) is 4.66. The summed E-state index contributed by atoms with van der Waals surface area (Å²) in [5.41, 5.74) is 0.895. The number of aliphatic hydroxyl groups excluding tert-OH is 1. The molecule has 1 aromatic carbocycles. The fourth-order valence-corrected chi connectivity index (χ4v) is 1.62. The minimum absolute atomic E-state index is 0.0503. The summed E-state index contributed by atoms with van der Waals surface area (Å²) in [4.78, 5) is 15.6. The molecule has 0 aliphatic heterocycles. The summed E-state index contributed by atoms with van der Waals surface area (Å²) in [5.74, 6) is 0.0503. The molecule has 1 rings (SSSR count). The molecular weight excluding hydrogens is 228 g/mol. The molecule has 0 bridgehead atoms. The maximum atomic E-state index is 12.0. The number of hydrogen-bond donors (Lipinski definition) is 1. The Morgan fingerprint density at radius 3 is 2.44 bits per heavy atom. The van der Waals surface area contributed by atoms with E-state index in [0.717, 1.165) is 5.69 Å². The molecule has 1 atom stereocenters. The monoisotopic (exact) mass is 250 g/mol. The number of carbonyl (C=O) groups is 1. The van der Waals surface area contributed by atoms with Crippen LogP contribution in [0.15, 0.2) is 30.3 Å². The molecule has 0 radical (unpaired) electrons. The second kappa shape index (κ2) is 7.13. The molecule has 1 N–H and O–H groups in total. The molecular formula is C14H22N2O2. The zero-order valence-electron chi connectivity index (χ0n) is 11.3. The van der Waals surface area contributed by atoms with E-state index in [0.29, 0.717) is 19.5 Å². The van der Waals surface area contributed by atoms with Gasteiger partial charge in [-0.3, -0.25) is 9.69 Å². The molecule has 0 heterocycles. The van der Waals surface area contributed by atoms with Crippen molar-refractivity contribution in [2.24, 2.45) is 0 Å². The van der Waals surface area contributed by atoms with Gasteiger partial charge in [0.1, 0.15) is 0 Å². The van der Waals surface area contributed by atoms with Gasteiger partial charge in [0.25, 0.3) is 0 Å². The Morgan fingerprint density at radius 2 is 1.89 bits per heavy atom. The summed E-state index contributed by atoms with van der Waals surface area (Å²) < 4.78 is 0. The lowest BCUT2D eigenvalue weighted by Crippen LogP contribution is -2.37. The van der Waals surface area contributed by atoms with Gasteiger partial charge in [-0.1, -0.05) is 18.2 Å². The Kier molecular flexibility index (Phi) is 5.82. The molecule has 1 unspecified atom stereocenters. The van der Waals surface area contributed by atoms with Crippen LogP contribution < -0.4 is 4.90 Å². The smallest absolute Gasteiger partial charge is 0.240 e. The van der Waals surface area contributed by atoms with Crippen LogP contribution in [0.2, 0.25) is 0 Å². The first kappa shape index (κ1) is 14.7. The number of carbonyl (C=O) groups excluding carboxylic acids is 1. The zero-order chi connectivity index (χ0) is 13.5. The Labute approximate surface area is 109 Å². The van der Waals surface area contributed by atoms with Crippen LogP contribution in [0.5, 0.6) is 0 Å². The van der Waals surface area contributed by atoms with Gasteiger partial charge in [-0.2, -0.15) is 0 Å². The number of amides is 1. The van der Waals surface area contributed by atoms with Crippen molar-refractivity contribution in [3.63, 3.8) is 0 Å². The van der Waals surface area contributed by atoms with Crippen molar-refractivity contribution in [2.75, 3.05) is 32.1 Å². The SMILES string of the molecule is CC(O)CCN(C)CC(=O)N(C)c1ccccc1. The Morgan fingerprint density at radius 1 is 1.28 bits per heavy atom. The highest BCUT2D eigenvalue weighted by molar-refractivity contribution is 5.94. The van der Waals surface area contributed by atoms with E-state index in [1.807, 2.05) is 42.3 Å². The lowest BCUT2D eigenvalue weighted by molar-refractivity contribution is -0.119. The highest BCUT2D eigenvalue weighted by Crippen LogP contribution is 2.11. The van der Waals surface area contributed by atoms with Crippen molar-refractivity contribution in [3.05, 3.63) is 30.3 Å². The third-order valence-electron chi connectivity index (χ3n) is 2.85. The van der Waals surface area contributed by atoms with Gasteiger partial charge in [-0.25, -0.2) is 0 Å². The van der Waals surface area contributed by atoms with Gasteiger partial charge >= 0.3 is 0 Å². The number of benzene rings is 1. The third kappa shape index (κ3) is 4.85. The van der Waals surface area contributed by atoms with Crippen LogP contribution in [0, 0.1) is 0 Å². The summed E-state index contributed by atoms with van der Waals surface area (Å²) in [6.45, 7) is 2.83. The van der Waals surface area contributed by atoms with Gasteiger partial charge in [0.05, 0.1) is 12.6 Å². The molecule has 0 aliphatic carbocycles. The number of hydrogen-bond acceptors (Lipinski definition) is 3. The average molecular weight is 250 g/mol. The van der Waals surface area contributed by atoms with Crippen LogP contribution in [-0.2, 0) is 4.79 Å². The highest BCUT2D eigenvalue weighted by Gasteiger charge is 2.13. The summed E-state index contributed by atoms with van der Waals surface area (Å²) in [6.07, 6.45) is 0.355. The maximum Gasteiger partial charge on any atom is 0.240 e. The van der Waals surface area contributed by atoms with Crippen LogP contribution in [0.3, 0.4) is 0 Å². The van der Waals surface area contributed by atoms with Gasteiger partial charge in [0.15, 0.2) is 0 Å². The lowest BCUT2D eigenvalue weighted by Gasteiger charge is -2.22. The molecule has 1 aromatic rings. The molecule has 0 aromatic heterocycles. The molecule has 0 saturated heterocycles. The molecule has 1 amide bonds. The Hall–Kier alpha value is -1.39. The predicted octanol–water partition coefficient (Wildman–Crippen LogP) is 1.35.